The summed E-state index contributed by atoms with van der Waals surface area (Å²) in [5.41, 5.74) is 0. The molecule has 0 saturated heterocycles. The van der Waals surface area contributed by atoms with E-state index in [1.807, 2.05) is 0 Å². The van der Waals surface area contributed by atoms with Gasteiger partial charge in [-0.15, -0.1) is 13.2 Å². The number of hydrogen-bond acceptors (Lipinski definition) is 4. The van der Waals surface area contributed by atoms with E-state index in [-0.39, 0.29) is 24.5 Å². The van der Waals surface area contributed by atoms with Crippen molar-refractivity contribution in [3.63, 3.8) is 0 Å². The van der Waals surface area contributed by atoms with Crippen LogP contribution in [-0.2, 0) is 9.05 Å². The van der Waals surface area contributed by atoms with Gasteiger partial charge >= 0.3 is 6.36 Å². The van der Waals surface area contributed by atoms with Crippen LogP contribution in [-0.4, -0.2) is 27.1 Å². The highest BCUT2D eigenvalue weighted by atomic mass is 35.7. The van der Waals surface area contributed by atoms with Gasteiger partial charge in [0.15, 0.2) is 0 Å². The second kappa shape index (κ2) is 6.33. The van der Waals surface area contributed by atoms with Crippen LogP contribution in [0.15, 0.2) is 24.3 Å². The Morgan fingerprint density at radius 3 is 2.11 bits per heavy atom. The van der Waals surface area contributed by atoms with Gasteiger partial charge in [-0.25, -0.2) is 8.42 Å². The Labute approximate surface area is 112 Å². The topological polar surface area (TPSA) is 52.6 Å². The summed E-state index contributed by atoms with van der Waals surface area (Å²) >= 11 is 0. The molecular formula is C10H10ClF3O4S. The summed E-state index contributed by atoms with van der Waals surface area (Å²) in [5, 5.41) is 0. The van der Waals surface area contributed by atoms with Crippen molar-refractivity contribution in [1.29, 1.82) is 0 Å². The molecule has 0 atom stereocenters. The summed E-state index contributed by atoms with van der Waals surface area (Å²) in [7, 11) is 1.43. The number of ether oxygens (including phenoxy) is 2. The van der Waals surface area contributed by atoms with Crippen LogP contribution < -0.4 is 9.47 Å². The van der Waals surface area contributed by atoms with E-state index in [2.05, 4.69) is 4.74 Å². The second-order valence-electron chi connectivity index (χ2n) is 3.46. The molecule has 0 N–H and O–H groups in total. The standard InChI is InChI=1S/C10H10ClF3O4S/c11-19(15,16)7-1-6-17-8-2-4-9(5-3-8)18-10(12,13)14/h2-5H,1,6-7H2. The summed E-state index contributed by atoms with van der Waals surface area (Å²) in [6.07, 6.45) is -4.55. The van der Waals surface area contributed by atoms with Crippen molar-refractivity contribution in [3.8, 4) is 11.5 Å². The number of hydrogen-bond donors (Lipinski definition) is 0. The van der Waals surface area contributed by atoms with Gasteiger partial charge in [-0.05, 0) is 30.7 Å². The van der Waals surface area contributed by atoms with Crippen LogP contribution in [0.1, 0.15) is 6.42 Å². The maximum Gasteiger partial charge on any atom is 0.573 e. The molecule has 0 heterocycles. The lowest BCUT2D eigenvalue weighted by Crippen LogP contribution is -2.16. The molecule has 4 nitrogen and oxygen atoms in total. The molecule has 19 heavy (non-hydrogen) atoms. The zero-order valence-corrected chi connectivity index (χ0v) is 11.1. The van der Waals surface area contributed by atoms with Crippen molar-refractivity contribution in [2.45, 2.75) is 12.8 Å². The van der Waals surface area contributed by atoms with Crippen LogP contribution in [0.2, 0.25) is 0 Å². The maximum absolute atomic E-state index is 11.9. The van der Waals surface area contributed by atoms with E-state index >= 15 is 0 Å². The van der Waals surface area contributed by atoms with Crippen LogP contribution in [0.25, 0.3) is 0 Å². The van der Waals surface area contributed by atoms with Crippen molar-refractivity contribution < 1.29 is 31.1 Å². The third kappa shape index (κ3) is 7.78. The highest BCUT2D eigenvalue weighted by Gasteiger charge is 2.30. The highest BCUT2D eigenvalue weighted by Crippen LogP contribution is 2.24. The van der Waals surface area contributed by atoms with Crippen LogP contribution >= 0.6 is 10.7 Å². The average Bonchev–Trinajstić information content (AvgIpc) is 2.23. The predicted molar refractivity (Wildman–Crippen MR) is 62.9 cm³/mol. The van der Waals surface area contributed by atoms with Gasteiger partial charge in [0.25, 0.3) is 0 Å². The largest absolute Gasteiger partial charge is 0.573 e. The van der Waals surface area contributed by atoms with E-state index in [0.29, 0.717) is 5.75 Å². The van der Waals surface area contributed by atoms with Crippen LogP contribution in [0.3, 0.4) is 0 Å². The van der Waals surface area contributed by atoms with Crippen molar-refractivity contribution >= 4 is 19.7 Å². The Morgan fingerprint density at radius 1 is 1.11 bits per heavy atom. The van der Waals surface area contributed by atoms with E-state index in [1.54, 1.807) is 0 Å². The Balaban J connectivity index is 2.40. The van der Waals surface area contributed by atoms with Gasteiger partial charge in [0.1, 0.15) is 11.5 Å². The monoisotopic (exact) mass is 318 g/mol. The molecule has 0 bridgehead atoms. The average molecular weight is 319 g/mol. The molecule has 0 amide bonds. The van der Waals surface area contributed by atoms with Gasteiger partial charge in [-0.2, -0.15) is 0 Å². The minimum absolute atomic E-state index is 0.0887. The molecule has 9 heteroatoms. The highest BCUT2D eigenvalue weighted by molar-refractivity contribution is 8.13. The number of rotatable bonds is 6. The fraction of sp³-hybridized carbons (Fsp3) is 0.400. The van der Waals surface area contributed by atoms with E-state index in [9.17, 15) is 21.6 Å². The Hall–Kier alpha value is -1.15. The molecule has 0 aromatic heterocycles. The first-order valence-corrected chi connectivity index (χ1v) is 7.54. The zero-order chi connectivity index (χ0) is 14.5. The predicted octanol–water partition coefficient (Wildman–Crippen LogP) is 2.92. The number of halogens is 4. The molecule has 0 aliphatic carbocycles. The summed E-state index contributed by atoms with van der Waals surface area (Å²) in [6.45, 7) is 0.0887. The van der Waals surface area contributed by atoms with E-state index < -0.39 is 15.4 Å². The van der Waals surface area contributed by atoms with Crippen molar-refractivity contribution in [3.05, 3.63) is 24.3 Å². The first kappa shape index (κ1) is 15.9. The summed E-state index contributed by atoms with van der Waals surface area (Å²) in [4.78, 5) is 0. The van der Waals surface area contributed by atoms with Gasteiger partial charge in [-0.1, -0.05) is 0 Å². The molecule has 108 valence electrons. The zero-order valence-electron chi connectivity index (χ0n) is 9.48. The van der Waals surface area contributed by atoms with Crippen molar-refractivity contribution in [2.75, 3.05) is 12.4 Å². The quantitative estimate of drug-likeness (QED) is 0.598. The molecular weight excluding hydrogens is 309 g/mol. The van der Waals surface area contributed by atoms with Gasteiger partial charge < -0.3 is 9.47 Å². The lowest BCUT2D eigenvalue weighted by molar-refractivity contribution is -0.274. The third-order valence-electron chi connectivity index (χ3n) is 1.86. The summed E-state index contributed by atoms with van der Waals surface area (Å²) in [6, 6.07) is 4.77. The van der Waals surface area contributed by atoms with E-state index in [4.69, 9.17) is 15.4 Å². The summed E-state index contributed by atoms with van der Waals surface area (Å²) < 4.78 is 65.7. The normalized spacial score (nSPS) is 12.2. The molecule has 0 unspecified atom stereocenters. The molecule has 0 radical (unpaired) electrons. The maximum atomic E-state index is 11.9. The third-order valence-corrected chi connectivity index (χ3v) is 3.10. The van der Waals surface area contributed by atoms with Crippen molar-refractivity contribution in [2.24, 2.45) is 0 Å². The minimum atomic E-state index is -4.74. The van der Waals surface area contributed by atoms with Crippen molar-refractivity contribution in [1.82, 2.24) is 0 Å². The second-order valence-corrected chi connectivity index (χ2v) is 6.36. The number of benzene rings is 1. The number of alkyl halides is 3. The van der Waals surface area contributed by atoms with Gasteiger partial charge in [0.05, 0.1) is 12.4 Å². The molecule has 1 aromatic rings. The van der Waals surface area contributed by atoms with Gasteiger partial charge in [0, 0.05) is 10.7 Å². The molecule has 0 fully saturated rings. The fourth-order valence-corrected chi connectivity index (χ4v) is 1.95. The fourth-order valence-electron chi connectivity index (χ4n) is 1.16. The lowest BCUT2D eigenvalue weighted by Gasteiger charge is -2.09. The Bertz CT molecular complexity index is 499. The molecule has 1 rings (SSSR count). The van der Waals surface area contributed by atoms with Crippen LogP contribution in [0.5, 0.6) is 11.5 Å². The lowest BCUT2D eigenvalue weighted by atomic mass is 10.3. The SMILES string of the molecule is O=S(=O)(Cl)CCCOc1ccc(OC(F)(F)F)cc1. The van der Waals surface area contributed by atoms with Crippen LogP contribution in [0.4, 0.5) is 13.2 Å². The van der Waals surface area contributed by atoms with Gasteiger partial charge in [0.2, 0.25) is 9.05 Å². The summed E-state index contributed by atoms with van der Waals surface area (Å²) in [5.74, 6) is -0.284. The Kier molecular flexibility index (Phi) is 5.30. The first-order valence-electron chi connectivity index (χ1n) is 5.07. The molecule has 0 saturated carbocycles. The Morgan fingerprint density at radius 2 is 1.63 bits per heavy atom. The molecule has 0 aliphatic heterocycles. The van der Waals surface area contributed by atoms with E-state index in [1.165, 1.54) is 12.1 Å². The first-order chi connectivity index (χ1) is 8.66. The molecule has 1 aromatic carbocycles. The smallest absolute Gasteiger partial charge is 0.494 e. The minimum Gasteiger partial charge on any atom is -0.494 e. The molecule has 0 spiro atoms. The molecule has 0 aliphatic rings. The van der Waals surface area contributed by atoms with E-state index in [0.717, 1.165) is 12.1 Å². The van der Waals surface area contributed by atoms with Gasteiger partial charge in [-0.3, -0.25) is 0 Å². The van der Waals surface area contributed by atoms with Crippen LogP contribution in [0, 0.1) is 0 Å².